The highest BCUT2D eigenvalue weighted by Gasteiger charge is 2.04. The lowest BCUT2D eigenvalue weighted by atomic mass is 10.2. The van der Waals surface area contributed by atoms with Gasteiger partial charge in [-0.3, -0.25) is 14.6 Å². The zero-order valence-electron chi connectivity index (χ0n) is 8.14. The number of nitrogens with one attached hydrogen (secondary N) is 1. The number of amides is 1. The summed E-state index contributed by atoms with van der Waals surface area (Å²) in [6.07, 6.45) is 3.54. The molecule has 1 aromatic rings. The fraction of sp³-hybridized carbons (Fsp3) is 0.300. The molecule has 0 aromatic carbocycles. The molecule has 0 aliphatic rings. The van der Waals surface area contributed by atoms with Crippen molar-refractivity contribution in [2.45, 2.75) is 12.8 Å². The number of aliphatic carboxylic acids is 1. The molecular formula is C10H12N2O3. The number of hydrogen-bond acceptors (Lipinski definition) is 3. The highest BCUT2D eigenvalue weighted by atomic mass is 16.4. The summed E-state index contributed by atoms with van der Waals surface area (Å²) in [6.45, 7) is 0.361. The van der Waals surface area contributed by atoms with Crippen molar-refractivity contribution in [3.8, 4) is 0 Å². The van der Waals surface area contributed by atoms with E-state index in [9.17, 15) is 9.59 Å². The predicted molar refractivity (Wildman–Crippen MR) is 53.4 cm³/mol. The van der Waals surface area contributed by atoms with E-state index in [1.807, 2.05) is 0 Å². The standard InChI is InChI=1S/C10H12N2O3/c13-9(14)4-2-6-12-10(15)8-3-1-5-11-7-8/h1,3,5,7H,2,4,6H2,(H,12,15)(H,13,14). The minimum Gasteiger partial charge on any atom is -0.481 e. The van der Waals surface area contributed by atoms with Crippen molar-refractivity contribution in [2.75, 3.05) is 6.54 Å². The summed E-state index contributed by atoms with van der Waals surface area (Å²) in [5, 5.41) is 11.0. The molecule has 0 saturated carbocycles. The van der Waals surface area contributed by atoms with Crippen molar-refractivity contribution in [1.29, 1.82) is 0 Å². The number of carboxylic acid groups (broad SMARTS) is 1. The third kappa shape index (κ3) is 4.21. The zero-order valence-corrected chi connectivity index (χ0v) is 8.14. The molecule has 1 aromatic heterocycles. The average Bonchev–Trinajstić information content (AvgIpc) is 2.25. The average molecular weight is 208 g/mol. The van der Waals surface area contributed by atoms with Gasteiger partial charge in [0.1, 0.15) is 0 Å². The molecule has 5 heteroatoms. The molecule has 2 N–H and O–H groups in total. The van der Waals surface area contributed by atoms with Crippen molar-refractivity contribution < 1.29 is 14.7 Å². The fourth-order valence-corrected chi connectivity index (χ4v) is 1.04. The van der Waals surface area contributed by atoms with E-state index in [1.54, 1.807) is 18.3 Å². The Bertz CT molecular complexity index is 338. The largest absolute Gasteiger partial charge is 0.481 e. The van der Waals surface area contributed by atoms with Gasteiger partial charge < -0.3 is 10.4 Å². The van der Waals surface area contributed by atoms with Crippen molar-refractivity contribution in [2.24, 2.45) is 0 Å². The molecule has 0 fully saturated rings. The van der Waals surface area contributed by atoms with Crippen molar-refractivity contribution >= 4 is 11.9 Å². The molecule has 0 bridgehead atoms. The number of hydrogen-bond donors (Lipinski definition) is 2. The number of nitrogens with zero attached hydrogens (tertiary/aromatic N) is 1. The minimum absolute atomic E-state index is 0.0628. The van der Waals surface area contributed by atoms with Gasteiger partial charge in [-0.25, -0.2) is 0 Å². The molecular weight excluding hydrogens is 196 g/mol. The van der Waals surface area contributed by atoms with Gasteiger partial charge >= 0.3 is 5.97 Å². The molecule has 15 heavy (non-hydrogen) atoms. The van der Waals surface area contributed by atoms with Gasteiger partial charge in [0.05, 0.1) is 5.56 Å². The topological polar surface area (TPSA) is 79.3 Å². The van der Waals surface area contributed by atoms with Gasteiger partial charge in [-0.1, -0.05) is 0 Å². The number of pyridine rings is 1. The molecule has 0 saturated heterocycles. The summed E-state index contributed by atoms with van der Waals surface area (Å²) >= 11 is 0. The number of rotatable bonds is 5. The summed E-state index contributed by atoms with van der Waals surface area (Å²) < 4.78 is 0. The molecule has 0 aliphatic carbocycles. The van der Waals surface area contributed by atoms with Crippen molar-refractivity contribution in [1.82, 2.24) is 10.3 Å². The van der Waals surface area contributed by atoms with Crippen LogP contribution in [0.3, 0.4) is 0 Å². The SMILES string of the molecule is O=C(O)CCCNC(=O)c1cccnc1. The van der Waals surface area contributed by atoms with Crippen LogP contribution in [0.1, 0.15) is 23.2 Å². The first kappa shape index (κ1) is 11.2. The first-order valence-electron chi connectivity index (χ1n) is 4.60. The van der Waals surface area contributed by atoms with Crippen LogP contribution in [-0.4, -0.2) is 28.5 Å². The second-order valence-electron chi connectivity index (χ2n) is 2.99. The summed E-state index contributed by atoms with van der Waals surface area (Å²) in [5.74, 6) is -1.08. The van der Waals surface area contributed by atoms with E-state index in [0.29, 0.717) is 18.5 Å². The summed E-state index contributed by atoms with van der Waals surface area (Å²) in [7, 11) is 0. The van der Waals surface area contributed by atoms with Crippen LogP contribution in [0.15, 0.2) is 24.5 Å². The lowest BCUT2D eigenvalue weighted by molar-refractivity contribution is -0.137. The second kappa shape index (κ2) is 5.74. The van der Waals surface area contributed by atoms with Crippen LogP contribution in [-0.2, 0) is 4.79 Å². The van der Waals surface area contributed by atoms with E-state index < -0.39 is 5.97 Å². The molecule has 0 unspecified atom stereocenters. The lowest BCUT2D eigenvalue weighted by Gasteiger charge is -2.02. The third-order valence-electron chi connectivity index (χ3n) is 1.78. The summed E-state index contributed by atoms with van der Waals surface area (Å²) in [4.78, 5) is 25.4. The first-order valence-corrected chi connectivity index (χ1v) is 4.60. The Morgan fingerprint density at radius 1 is 1.47 bits per heavy atom. The van der Waals surface area contributed by atoms with Crippen LogP contribution < -0.4 is 5.32 Å². The highest BCUT2D eigenvalue weighted by Crippen LogP contribution is 1.95. The van der Waals surface area contributed by atoms with Gasteiger partial charge in [-0.15, -0.1) is 0 Å². The van der Waals surface area contributed by atoms with Gasteiger partial charge in [0.25, 0.3) is 5.91 Å². The number of carbonyl (C=O) groups is 2. The van der Waals surface area contributed by atoms with E-state index >= 15 is 0 Å². The first-order chi connectivity index (χ1) is 7.20. The van der Waals surface area contributed by atoms with E-state index in [-0.39, 0.29) is 12.3 Å². The molecule has 5 nitrogen and oxygen atoms in total. The number of carboxylic acids is 1. The molecule has 0 aliphatic heterocycles. The van der Waals surface area contributed by atoms with Crippen LogP contribution in [0.25, 0.3) is 0 Å². The smallest absolute Gasteiger partial charge is 0.303 e. The van der Waals surface area contributed by atoms with Crippen LogP contribution in [0, 0.1) is 0 Å². The minimum atomic E-state index is -0.856. The fourth-order valence-electron chi connectivity index (χ4n) is 1.04. The highest BCUT2D eigenvalue weighted by molar-refractivity contribution is 5.93. The summed E-state index contributed by atoms with van der Waals surface area (Å²) in [6, 6.07) is 3.33. The van der Waals surface area contributed by atoms with Gasteiger partial charge in [0, 0.05) is 25.4 Å². The maximum absolute atomic E-state index is 11.4. The molecule has 1 amide bonds. The van der Waals surface area contributed by atoms with E-state index in [2.05, 4.69) is 10.3 Å². The van der Waals surface area contributed by atoms with Gasteiger partial charge in [0.2, 0.25) is 0 Å². The Morgan fingerprint density at radius 3 is 2.87 bits per heavy atom. The summed E-state index contributed by atoms with van der Waals surface area (Å²) in [5.41, 5.74) is 0.479. The Balaban J connectivity index is 2.28. The van der Waals surface area contributed by atoms with Gasteiger partial charge in [-0.05, 0) is 18.6 Å². The predicted octanol–water partition coefficient (Wildman–Crippen LogP) is 0.676. The molecule has 0 atom stereocenters. The third-order valence-corrected chi connectivity index (χ3v) is 1.78. The maximum atomic E-state index is 11.4. The van der Waals surface area contributed by atoms with Crippen molar-refractivity contribution in [3.05, 3.63) is 30.1 Å². The van der Waals surface area contributed by atoms with Crippen LogP contribution in [0.2, 0.25) is 0 Å². The molecule has 0 radical (unpaired) electrons. The van der Waals surface area contributed by atoms with Gasteiger partial charge in [0.15, 0.2) is 0 Å². The van der Waals surface area contributed by atoms with E-state index in [4.69, 9.17) is 5.11 Å². The van der Waals surface area contributed by atoms with E-state index in [1.165, 1.54) is 6.20 Å². The zero-order chi connectivity index (χ0) is 11.1. The Hall–Kier alpha value is -1.91. The molecule has 1 rings (SSSR count). The Morgan fingerprint density at radius 2 is 2.27 bits per heavy atom. The monoisotopic (exact) mass is 208 g/mol. The van der Waals surface area contributed by atoms with Crippen LogP contribution >= 0.6 is 0 Å². The Kier molecular flexibility index (Phi) is 4.28. The normalized spacial score (nSPS) is 9.60. The van der Waals surface area contributed by atoms with Crippen LogP contribution in [0.4, 0.5) is 0 Å². The molecule has 0 spiro atoms. The number of aromatic nitrogens is 1. The number of carbonyl (C=O) groups excluding carboxylic acids is 1. The van der Waals surface area contributed by atoms with Crippen molar-refractivity contribution in [3.63, 3.8) is 0 Å². The molecule has 1 heterocycles. The quantitative estimate of drug-likeness (QED) is 0.697. The van der Waals surface area contributed by atoms with E-state index in [0.717, 1.165) is 0 Å². The maximum Gasteiger partial charge on any atom is 0.303 e. The molecule has 80 valence electrons. The van der Waals surface area contributed by atoms with Gasteiger partial charge in [-0.2, -0.15) is 0 Å². The Labute approximate surface area is 87.1 Å². The second-order valence-corrected chi connectivity index (χ2v) is 2.99. The van der Waals surface area contributed by atoms with Crippen LogP contribution in [0.5, 0.6) is 0 Å². The lowest BCUT2D eigenvalue weighted by Crippen LogP contribution is -2.24.